The molecule has 2 aromatic rings. The smallest absolute Gasteiger partial charge is 0.0997 e. The maximum atomic E-state index is 5.94. The summed E-state index contributed by atoms with van der Waals surface area (Å²) in [5.74, 6) is 0. The molecule has 0 spiro atoms. The Morgan fingerprint density at radius 1 is 1.33 bits per heavy atom. The molecule has 0 radical (unpaired) electrons. The molecule has 0 saturated heterocycles. The molecule has 78 valence electrons. The highest BCUT2D eigenvalue weighted by molar-refractivity contribution is 9.10. The topological polar surface area (TPSA) is 17.8 Å². The number of imidazole rings is 1. The van der Waals surface area contributed by atoms with Crippen LogP contribution >= 0.6 is 27.5 Å². The quantitative estimate of drug-likeness (QED) is 0.777. The Bertz CT molecular complexity index is 505. The Balaban J connectivity index is 2.55. The van der Waals surface area contributed by atoms with Gasteiger partial charge in [0.05, 0.1) is 17.0 Å². The Morgan fingerprint density at radius 2 is 2.07 bits per heavy atom. The molecule has 0 fully saturated rings. The first-order chi connectivity index (χ1) is 7.09. The van der Waals surface area contributed by atoms with Crippen LogP contribution in [0.4, 0.5) is 0 Å². The first-order valence-corrected chi connectivity index (χ1v) is 5.72. The van der Waals surface area contributed by atoms with E-state index < -0.39 is 0 Å². The van der Waals surface area contributed by atoms with Crippen LogP contribution in [0.1, 0.15) is 11.4 Å². The Labute approximate surface area is 102 Å². The molecule has 4 heteroatoms. The van der Waals surface area contributed by atoms with Crippen molar-refractivity contribution in [2.24, 2.45) is 0 Å². The lowest BCUT2D eigenvalue weighted by molar-refractivity contribution is 1.000. The zero-order valence-electron chi connectivity index (χ0n) is 8.46. The van der Waals surface area contributed by atoms with Crippen molar-refractivity contribution in [3.63, 3.8) is 0 Å². The normalized spacial score (nSPS) is 10.7. The van der Waals surface area contributed by atoms with E-state index in [9.17, 15) is 0 Å². The number of nitrogens with zero attached hydrogens (tertiary/aromatic N) is 2. The molecule has 0 aliphatic carbocycles. The monoisotopic (exact) mass is 284 g/mol. The highest BCUT2D eigenvalue weighted by Crippen LogP contribution is 2.25. The van der Waals surface area contributed by atoms with Crippen LogP contribution in [0.25, 0.3) is 5.69 Å². The third-order valence-electron chi connectivity index (χ3n) is 2.43. The molecule has 0 aliphatic rings. The molecule has 2 nitrogen and oxygen atoms in total. The molecule has 0 bridgehead atoms. The molecule has 2 rings (SSSR count). The van der Waals surface area contributed by atoms with Crippen molar-refractivity contribution in [2.45, 2.75) is 13.8 Å². The van der Waals surface area contributed by atoms with Crippen LogP contribution in [0, 0.1) is 13.8 Å². The minimum atomic E-state index is 0.716. The van der Waals surface area contributed by atoms with Crippen LogP contribution in [-0.2, 0) is 0 Å². The minimum Gasteiger partial charge on any atom is -0.303 e. The van der Waals surface area contributed by atoms with Gasteiger partial charge in [0.25, 0.3) is 0 Å². The summed E-state index contributed by atoms with van der Waals surface area (Å²) in [7, 11) is 0. The third kappa shape index (κ3) is 1.94. The molecular formula is C11H10BrClN2. The van der Waals surface area contributed by atoms with E-state index in [0.29, 0.717) is 5.02 Å². The number of hydrogen-bond donors (Lipinski definition) is 0. The number of halogens is 2. The average Bonchev–Trinajstić information content (AvgIpc) is 2.53. The van der Waals surface area contributed by atoms with E-state index in [1.54, 1.807) is 0 Å². The van der Waals surface area contributed by atoms with Crippen molar-refractivity contribution in [1.82, 2.24) is 9.55 Å². The average molecular weight is 286 g/mol. The Hall–Kier alpha value is -0.800. The fourth-order valence-corrected chi connectivity index (χ4v) is 1.88. The van der Waals surface area contributed by atoms with E-state index in [0.717, 1.165) is 21.5 Å². The zero-order chi connectivity index (χ0) is 11.0. The largest absolute Gasteiger partial charge is 0.303 e. The number of benzene rings is 1. The fourth-order valence-electron chi connectivity index (χ4n) is 1.39. The summed E-state index contributed by atoms with van der Waals surface area (Å²) in [6.07, 6.45) is 1.82. The van der Waals surface area contributed by atoms with Gasteiger partial charge in [-0.1, -0.05) is 11.6 Å². The van der Waals surface area contributed by atoms with Crippen molar-refractivity contribution in [3.8, 4) is 5.69 Å². The molecule has 0 amide bonds. The molecule has 1 aromatic carbocycles. The molecule has 1 aromatic heterocycles. The SMILES string of the molecule is Cc1ncn(-c2ccc(Cl)c(Br)c2)c1C. The predicted octanol–water partition coefficient (Wildman–Crippen LogP) is 3.91. The van der Waals surface area contributed by atoms with E-state index in [4.69, 9.17) is 11.6 Å². The number of aryl methyl sites for hydroxylation is 1. The summed E-state index contributed by atoms with van der Waals surface area (Å²) in [4.78, 5) is 4.26. The highest BCUT2D eigenvalue weighted by atomic mass is 79.9. The summed E-state index contributed by atoms with van der Waals surface area (Å²) in [6, 6.07) is 5.83. The molecule has 15 heavy (non-hydrogen) atoms. The maximum absolute atomic E-state index is 5.94. The van der Waals surface area contributed by atoms with Gasteiger partial charge in [-0.25, -0.2) is 4.98 Å². The lowest BCUT2D eigenvalue weighted by atomic mass is 10.3. The van der Waals surface area contributed by atoms with Crippen LogP contribution in [0.5, 0.6) is 0 Å². The summed E-state index contributed by atoms with van der Waals surface area (Å²) in [6.45, 7) is 4.04. The molecule has 1 heterocycles. The predicted molar refractivity (Wildman–Crippen MR) is 65.7 cm³/mol. The van der Waals surface area contributed by atoms with E-state index >= 15 is 0 Å². The second-order valence-electron chi connectivity index (χ2n) is 3.38. The molecule has 0 aliphatic heterocycles. The lowest BCUT2D eigenvalue weighted by Gasteiger charge is -2.06. The van der Waals surface area contributed by atoms with E-state index in [1.807, 2.05) is 42.9 Å². The van der Waals surface area contributed by atoms with Crippen LogP contribution in [0.3, 0.4) is 0 Å². The van der Waals surface area contributed by atoms with Gasteiger partial charge in [-0.05, 0) is 48.0 Å². The summed E-state index contributed by atoms with van der Waals surface area (Å²) >= 11 is 9.35. The molecule has 0 saturated carbocycles. The van der Waals surface area contributed by atoms with Gasteiger partial charge in [0.2, 0.25) is 0 Å². The first kappa shape index (κ1) is 10.7. The van der Waals surface area contributed by atoms with Gasteiger partial charge in [0, 0.05) is 15.9 Å². The number of hydrogen-bond acceptors (Lipinski definition) is 1. The van der Waals surface area contributed by atoms with Crippen molar-refractivity contribution in [2.75, 3.05) is 0 Å². The van der Waals surface area contributed by atoms with Gasteiger partial charge in [0.1, 0.15) is 0 Å². The van der Waals surface area contributed by atoms with Crippen molar-refractivity contribution >= 4 is 27.5 Å². The van der Waals surface area contributed by atoms with Crippen LogP contribution in [0.15, 0.2) is 29.0 Å². The molecule has 0 N–H and O–H groups in total. The van der Waals surface area contributed by atoms with Gasteiger partial charge in [-0.3, -0.25) is 0 Å². The standard InChI is InChI=1S/C11H10BrClN2/c1-7-8(2)15(6-14-7)9-3-4-11(13)10(12)5-9/h3-6H,1-2H3. The Kier molecular flexibility index (Phi) is 2.85. The third-order valence-corrected chi connectivity index (χ3v) is 3.65. The second-order valence-corrected chi connectivity index (χ2v) is 4.65. The second kappa shape index (κ2) is 3.99. The van der Waals surface area contributed by atoms with E-state index in [2.05, 4.69) is 20.9 Å². The maximum Gasteiger partial charge on any atom is 0.0997 e. The fraction of sp³-hybridized carbons (Fsp3) is 0.182. The van der Waals surface area contributed by atoms with Gasteiger partial charge in [-0.2, -0.15) is 0 Å². The molecule has 0 atom stereocenters. The van der Waals surface area contributed by atoms with Crippen molar-refractivity contribution in [3.05, 3.63) is 45.4 Å². The van der Waals surface area contributed by atoms with E-state index in [1.165, 1.54) is 0 Å². The van der Waals surface area contributed by atoms with Gasteiger partial charge >= 0.3 is 0 Å². The summed E-state index contributed by atoms with van der Waals surface area (Å²) in [5.41, 5.74) is 3.25. The van der Waals surface area contributed by atoms with Crippen LogP contribution < -0.4 is 0 Å². The van der Waals surface area contributed by atoms with Crippen LogP contribution in [0.2, 0.25) is 5.02 Å². The number of aromatic nitrogens is 2. The highest BCUT2D eigenvalue weighted by Gasteiger charge is 2.05. The number of rotatable bonds is 1. The minimum absolute atomic E-state index is 0.716. The lowest BCUT2D eigenvalue weighted by Crippen LogP contribution is -1.95. The molecule has 0 unspecified atom stereocenters. The first-order valence-electron chi connectivity index (χ1n) is 4.55. The van der Waals surface area contributed by atoms with Crippen LogP contribution in [-0.4, -0.2) is 9.55 Å². The Morgan fingerprint density at radius 3 is 2.60 bits per heavy atom. The van der Waals surface area contributed by atoms with Crippen molar-refractivity contribution < 1.29 is 0 Å². The van der Waals surface area contributed by atoms with Gasteiger partial charge < -0.3 is 4.57 Å². The molecular weight excluding hydrogens is 275 g/mol. The van der Waals surface area contributed by atoms with E-state index in [-0.39, 0.29) is 0 Å². The zero-order valence-corrected chi connectivity index (χ0v) is 10.8. The van der Waals surface area contributed by atoms with Crippen molar-refractivity contribution in [1.29, 1.82) is 0 Å². The summed E-state index contributed by atoms with van der Waals surface area (Å²) in [5, 5.41) is 0.716. The summed E-state index contributed by atoms with van der Waals surface area (Å²) < 4.78 is 2.93. The van der Waals surface area contributed by atoms with Gasteiger partial charge in [0.15, 0.2) is 0 Å². The van der Waals surface area contributed by atoms with Gasteiger partial charge in [-0.15, -0.1) is 0 Å².